The molecule has 112 valence electrons. The molecule has 0 aliphatic carbocycles. The van der Waals surface area contributed by atoms with Crippen molar-refractivity contribution in [3.63, 3.8) is 0 Å². The van der Waals surface area contributed by atoms with Crippen molar-refractivity contribution < 1.29 is 4.74 Å². The summed E-state index contributed by atoms with van der Waals surface area (Å²) in [4.78, 5) is 2.48. The molecule has 1 fully saturated rings. The predicted octanol–water partition coefficient (Wildman–Crippen LogP) is 3.09. The van der Waals surface area contributed by atoms with E-state index in [-0.39, 0.29) is 0 Å². The Morgan fingerprint density at radius 1 is 1.14 bits per heavy atom. The number of H-pyrrole nitrogens is 1. The van der Waals surface area contributed by atoms with E-state index < -0.39 is 0 Å². The van der Waals surface area contributed by atoms with E-state index in [4.69, 9.17) is 4.74 Å². The third-order valence-electron chi connectivity index (χ3n) is 4.40. The average Bonchev–Trinajstić information content (AvgIpc) is 2.87. The SMILES string of the molecule is Cc1n[nH]c(C)c1-c1ccc([C@H](C)N2CCOCC2)cc1. The summed E-state index contributed by atoms with van der Waals surface area (Å²) in [6, 6.07) is 9.33. The smallest absolute Gasteiger partial charge is 0.0672 e. The van der Waals surface area contributed by atoms with Gasteiger partial charge in [0, 0.05) is 30.4 Å². The number of hydrogen-bond donors (Lipinski definition) is 1. The molecule has 4 nitrogen and oxygen atoms in total. The highest BCUT2D eigenvalue weighted by Crippen LogP contribution is 2.28. The maximum atomic E-state index is 5.43. The van der Waals surface area contributed by atoms with Gasteiger partial charge in [-0.05, 0) is 31.9 Å². The van der Waals surface area contributed by atoms with Gasteiger partial charge in [0.25, 0.3) is 0 Å². The largest absolute Gasteiger partial charge is 0.379 e. The van der Waals surface area contributed by atoms with Crippen molar-refractivity contribution in [1.82, 2.24) is 15.1 Å². The minimum absolute atomic E-state index is 0.439. The molecule has 4 heteroatoms. The van der Waals surface area contributed by atoms with Crippen molar-refractivity contribution in [2.24, 2.45) is 0 Å². The number of hydrogen-bond acceptors (Lipinski definition) is 3. The lowest BCUT2D eigenvalue weighted by Gasteiger charge is -2.32. The van der Waals surface area contributed by atoms with E-state index in [1.54, 1.807) is 0 Å². The number of aromatic amines is 1. The molecular weight excluding hydrogens is 262 g/mol. The van der Waals surface area contributed by atoms with Gasteiger partial charge in [0.1, 0.15) is 0 Å². The molecule has 1 aliphatic heterocycles. The lowest BCUT2D eigenvalue weighted by Crippen LogP contribution is -2.37. The first-order valence-electron chi connectivity index (χ1n) is 7.60. The first kappa shape index (κ1) is 14.3. The Morgan fingerprint density at radius 3 is 2.38 bits per heavy atom. The fourth-order valence-corrected chi connectivity index (χ4v) is 3.08. The maximum Gasteiger partial charge on any atom is 0.0672 e. The summed E-state index contributed by atoms with van der Waals surface area (Å²) in [7, 11) is 0. The molecule has 1 atom stereocenters. The van der Waals surface area contributed by atoms with Crippen LogP contribution in [0.4, 0.5) is 0 Å². The molecule has 1 aliphatic rings. The number of benzene rings is 1. The van der Waals surface area contributed by atoms with Crippen LogP contribution in [-0.2, 0) is 4.74 Å². The quantitative estimate of drug-likeness (QED) is 0.942. The number of aromatic nitrogens is 2. The van der Waals surface area contributed by atoms with Gasteiger partial charge < -0.3 is 4.74 Å². The van der Waals surface area contributed by atoms with Crippen LogP contribution in [0.5, 0.6) is 0 Å². The van der Waals surface area contributed by atoms with Gasteiger partial charge in [-0.1, -0.05) is 24.3 Å². The molecule has 0 bridgehead atoms. The highest BCUT2D eigenvalue weighted by molar-refractivity contribution is 5.68. The number of nitrogens with one attached hydrogen (secondary N) is 1. The molecule has 0 radical (unpaired) electrons. The zero-order valence-electron chi connectivity index (χ0n) is 13.0. The molecule has 0 spiro atoms. The van der Waals surface area contributed by atoms with E-state index >= 15 is 0 Å². The Hall–Kier alpha value is -1.65. The van der Waals surface area contributed by atoms with E-state index in [1.165, 1.54) is 16.7 Å². The fourth-order valence-electron chi connectivity index (χ4n) is 3.08. The van der Waals surface area contributed by atoms with Gasteiger partial charge in [-0.3, -0.25) is 10.00 Å². The van der Waals surface area contributed by atoms with Crippen LogP contribution in [-0.4, -0.2) is 41.4 Å². The summed E-state index contributed by atoms with van der Waals surface area (Å²) in [5.41, 5.74) is 6.00. The number of rotatable bonds is 3. The lowest BCUT2D eigenvalue weighted by atomic mass is 9.99. The van der Waals surface area contributed by atoms with Crippen molar-refractivity contribution in [3.8, 4) is 11.1 Å². The molecule has 0 saturated carbocycles. The first-order valence-corrected chi connectivity index (χ1v) is 7.60. The monoisotopic (exact) mass is 285 g/mol. The summed E-state index contributed by atoms with van der Waals surface area (Å²) < 4.78 is 5.43. The molecule has 21 heavy (non-hydrogen) atoms. The van der Waals surface area contributed by atoms with Gasteiger partial charge in [-0.25, -0.2) is 0 Å². The Labute approximate surface area is 126 Å². The number of aryl methyl sites for hydroxylation is 2. The molecule has 2 aromatic rings. The summed E-state index contributed by atoms with van der Waals surface area (Å²) in [6.07, 6.45) is 0. The maximum absolute atomic E-state index is 5.43. The average molecular weight is 285 g/mol. The van der Waals surface area contributed by atoms with Crippen LogP contribution in [0, 0.1) is 13.8 Å². The Balaban J connectivity index is 1.80. The second-order valence-corrected chi connectivity index (χ2v) is 5.76. The zero-order valence-corrected chi connectivity index (χ0v) is 13.0. The number of nitrogens with zero attached hydrogens (tertiary/aromatic N) is 2. The predicted molar refractivity (Wildman–Crippen MR) is 84.3 cm³/mol. The van der Waals surface area contributed by atoms with Crippen LogP contribution in [0.2, 0.25) is 0 Å². The van der Waals surface area contributed by atoms with Crippen LogP contribution in [0.15, 0.2) is 24.3 Å². The highest BCUT2D eigenvalue weighted by atomic mass is 16.5. The molecule has 1 aromatic carbocycles. The summed E-state index contributed by atoms with van der Waals surface area (Å²) >= 11 is 0. The van der Waals surface area contributed by atoms with Crippen LogP contribution in [0.25, 0.3) is 11.1 Å². The van der Waals surface area contributed by atoms with Crippen molar-refractivity contribution in [2.45, 2.75) is 26.8 Å². The summed E-state index contributed by atoms with van der Waals surface area (Å²) in [5.74, 6) is 0. The second-order valence-electron chi connectivity index (χ2n) is 5.76. The third kappa shape index (κ3) is 2.87. The van der Waals surface area contributed by atoms with E-state index in [2.05, 4.69) is 53.2 Å². The van der Waals surface area contributed by atoms with E-state index in [0.29, 0.717) is 6.04 Å². The molecule has 1 N–H and O–H groups in total. The highest BCUT2D eigenvalue weighted by Gasteiger charge is 2.18. The van der Waals surface area contributed by atoms with Crippen LogP contribution >= 0.6 is 0 Å². The Morgan fingerprint density at radius 2 is 1.81 bits per heavy atom. The van der Waals surface area contributed by atoms with Crippen molar-refractivity contribution >= 4 is 0 Å². The molecule has 2 heterocycles. The van der Waals surface area contributed by atoms with Gasteiger partial charge in [-0.15, -0.1) is 0 Å². The van der Waals surface area contributed by atoms with Crippen LogP contribution in [0.3, 0.4) is 0 Å². The van der Waals surface area contributed by atoms with E-state index in [9.17, 15) is 0 Å². The normalized spacial score (nSPS) is 17.9. The molecule has 1 saturated heterocycles. The summed E-state index contributed by atoms with van der Waals surface area (Å²) in [6.45, 7) is 10.1. The van der Waals surface area contributed by atoms with E-state index in [1.807, 2.05) is 6.92 Å². The standard InChI is InChI=1S/C17H23N3O/c1-12-17(13(2)19-18-12)16-6-4-15(5-7-16)14(3)20-8-10-21-11-9-20/h4-7,14H,8-11H2,1-3H3,(H,18,19)/t14-/m0/s1. The third-order valence-corrected chi connectivity index (χ3v) is 4.40. The number of morpholine rings is 1. The molecule has 3 rings (SSSR count). The van der Waals surface area contributed by atoms with Gasteiger partial charge in [0.2, 0.25) is 0 Å². The van der Waals surface area contributed by atoms with Crippen molar-refractivity contribution in [3.05, 3.63) is 41.2 Å². The lowest BCUT2D eigenvalue weighted by molar-refractivity contribution is 0.0198. The van der Waals surface area contributed by atoms with Crippen molar-refractivity contribution in [2.75, 3.05) is 26.3 Å². The summed E-state index contributed by atoms with van der Waals surface area (Å²) in [5, 5.41) is 7.33. The van der Waals surface area contributed by atoms with Gasteiger partial charge in [0.05, 0.1) is 18.9 Å². The van der Waals surface area contributed by atoms with Gasteiger partial charge >= 0.3 is 0 Å². The van der Waals surface area contributed by atoms with Crippen molar-refractivity contribution in [1.29, 1.82) is 0 Å². The minimum Gasteiger partial charge on any atom is -0.379 e. The van der Waals surface area contributed by atoms with Crippen LogP contribution < -0.4 is 0 Å². The van der Waals surface area contributed by atoms with Crippen LogP contribution in [0.1, 0.15) is 29.9 Å². The van der Waals surface area contributed by atoms with Gasteiger partial charge in [0.15, 0.2) is 0 Å². The molecule has 0 amide bonds. The molecule has 1 aromatic heterocycles. The minimum atomic E-state index is 0.439. The molecular formula is C17H23N3O. The first-order chi connectivity index (χ1) is 10.2. The second kappa shape index (κ2) is 6.00. The Kier molecular flexibility index (Phi) is 4.08. The molecule has 0 unspecified atom stereocenters. The number of ether oxygens (including phenoxy) is 1. The fraction of sp³-hybridized carbons (Fsp3) is 0.471. The van der Waals surface area contributed by atoms with Gasteiger partial charge in [-0.2, -0.15) is 5.10 Å². The zero-order chi connectivity index (χ0) is 14.8. The van der Waals surface area contributed by atoms with E-state index in [0.717, 1.165) is 37.7 Å². The topological polar surface area (TPSA) is 41.2 Å². The Bertz CT molecular complexity index is 577.